The van der Waals surface area contributed by atoms with Gasteiger partial charge in [0.05, 0.1) is 31.0 Å². The van der Waals surface area contributed by atoms with Gasteiger partial charge >= 0.3 is 6.03 Å². The van der Waals surface area contributed by atoms with Crippen LogP contribution < -0.4 is 5.32 Å². The summed E-state index contributed by atoms with van der Waals surface area (Å²) in [7, 11) is 0. The minimum absolute atomic E-state index is 0.0235. The summed E-state index contributed by atoms with van der Waals surface area (Å²) in [5, 5.41) is 3.14. The molecule has 6 heteroatoms. The van der Waals surface area contributed by atoms with Crippen LogP contribution in [-0.4, -0.2) is 67.2 Å². The quantitative estimate of drug-likeness (QED) is 0.837. The fourth-order valence-corrected chi connectivity index (χ4v) is 4.51. The van der Waals surface area contributed by atoms with E-state index in [9.17, 15) is 4.79 Å². The molecular formula is C18H32N2O4. The number of nitrogens with zero attached hydrogens (tertiary/aromatic N) is 1. The maximum atomic E-state index is 12.7. The Morgan fingerprint density at radius 1 is 1.17 bits per heavy atom. The van der Waals surface area contributed by atoms with Gasteiger partial charge < -0.3 is 24.4 Å². The minimum atomic E-state index is -0.337. The Morgan fingerprint density at radius 2 is 1.88 bits per heavy atom. The molecule has 0 bridgehead atoms. The fourth-order valence-electron chi connectivity index (χ4n) is 4.51. The Hall–Kier alpha value is -0.850. The number of urea groups is 1. The van der Waals surface area contributed by atoms with Crippen LogP contribution in [0.25, 0.3) is 0 Å². The van der Waals surface area contributed by atoms with Gasteiger partial charge in [-0.2, -0.15) is 0 Å². The number of morpholine rings is 1. The van der Waals surface area contributed by atoms with Crippen LogP contribution in [0, 0.1) is 5.92 Å². The van der Waals surface area contributed by atoms with Crippen molar-refractivity contribution < 1.29 is 19.0 Å². The van der Waals surface area contributed by atoms with Gasteiger partial charge in [-0.3, -0.25) is 0 Å². The number of carbonyl (C=O) groups is 1. The molecule has 3 heterocycles. The zero-order chi connectivity index (χ0) is 17.3. The molecule has 5 unspecified atom stereocenters. The number of hydrogen-bond donors (Lipinski definition) is 1. The van der Waals surface area contributed by atoms with Crippen molar-refractivity contribution in [2.45, 2.75) is 77.0 Å². The maximum absolute atomic E-state index is 12.7. The van der Waals surface area contributed by atoms with E-state index in [1.165, 1.54) is 0 Å². The molecule has 6 nitrogen and oxygen atoms in total. The first-order chi connectivity index (χ1) is 11.4. The normalized spacial score (nSPS) is 43.2. The number of nitrogens with one attached hydrogen (secondary N) is 1. The number of amides is 2. The summed E-state index contributed by atoms with van der Waals surface area (Å²) in [4.78, 5) is 14.6. The van der Waals surface area contributed by atoms with Crippen molar-refractivity contribution in [2.24, 2.45) is 5.92 Å². The molecule has 5 atom stereocenters. The van der Waals surface area contributed by atoms with E-state index in [0.29, 0.717) is 25.6 Å². The van der Waals surface area contributed by atoms with Crippen molar-refractivity contribution in [3.05, 3.63) is 0 Å². The molecule has 1 spiro atoms. The second-order valence-electron chi connectivity index (χ2n) is 7.92. The lowest BCUT2D eigenvalue weighted by molar-refractivity contribution is -0.159. The molecule has 2 amide bonds. The number of ether oxygens (including phenoxy) is 3. The number of hydrogen-bond acceptors (Lipinski definition) is 4. The summed E-state index contributed by atoms with van der Waals surface area (Å²) in [6.07, 6.45) is 3.51. The van der Waals surface area contributed by atoms with Gasteiger partial charge in [-0.15, -0.1) is 0 Å². The molecule has 0 aromatic carbocycles. The fraction of sp³-hybridized carbons (Fsp3) is 0.944. The zero-order valence-electron chi connectivity index (χ0n) is 15.4. The third-order valence-electron chi connectivity index (χ3n) is 5.63. The lowest BCUT2D eigenvalue weighted by atomic mass is 9.92. The molecule has 0 radical (unpaired) electrons. The minimum Gasteiger partial charge on any atom is -0.376 e. The Morgan fingerprint density at radius 3 is 2.50 bits per heavy atom. The largest absolute Gasteiger partial charge is 0.376 e. The Labute approximate surface area is 145 Å². The van der Waals surface area contributed by atoms with E-state index in [0.717, 1.165) is 25.8 Å². The molecule has 138 valence electrons. The first-order valence-electron chi connectivity index (χ1n) is 9.35. The van der Waals surface area contributed by atoms with Crippen LogP contribution in [0.5, 0.6) is 0 Å². The molecule has 3 fully saturated rings. The van der Waals surface area contributed by atoms with E-state index < -0.39 is 0 Å². The standard InChI is InChI=1S/C18H32N2O4/c1-12-7-16(8-13(2)23-12)9-19-17(21)20-10-14(3)24-18(11-20)5-6-22-15(18)4/h12-16H,5-11H2,1-4H3,(H,19,21). The van der Waals surface area contributed by atoms with E-state index in [2.05, 4.69) is 19.2 Å². The summed E-state index contributed by atoms with van der Waals surface area (Å²) in [6.45, 7) is 11.0. The van der Waals surface area contributed by atoms with Crippen molar-refractivity contribution in [3.63, 3.8) is 0 Å². The lowest BCUT2D eigenvalue weighted by Gasteiger charge is -2.45. The van der Waals surface area contributed by atoms with Crippen LogP contribution in [0.1, 0.15) is 47.0 Å². The summed E-state index contributed by atoms with van der Waals surface area (Å²) in [5.41, 5.74) is -0.337. The van der Waals surface area contributed by atoms with E-state index >= 15 is 0 Å². The average molecular weight is 340 g/mol. The third-order valence-corrected chi connectivity index (χ3v) is 5.63. The molecule has 24 heavy (non-hydrogen) atoms. The molecule has 1 N–H and O–H groups in total. The van der Waals surface area contributed by atoms with Crippen LogP contribution in [0.15, 0.2) is 0 Å². The highest BCUT2D eigenvalue weighted by atomic mass is 16.6. The highest BCUT2D eigenvalue weighted by Crippen LogP contribution is 2.35. The Bertz CT molecular complexity index is 450. The molecule has 0 aromatic heterocycles. The average Bonchev–Trinajstić information content (AvgIpc) is 2.83. The van der Waals surface area contributed by atoms with Crippen molar-refractivity contribution >= 4 is 6.03 Å². The summed E-state index contributed by atoms with van der Waals surface area (Å²) < 4.78 is 17.7. The van der Waals surface area contributed by atoms with Crippen molar-refractivity contribution in [2.75, 3.05) is 26.2 Å². The van der Waals surface area contributed by atoms with Crippen molar-refractivity contribution in [3.8, 4) is 0 Å². The van der Waals surface area contributed by atoms with E-state index in [-0.39, 0.29) is 36.0 Å². The van der Waals surface area contributed by atoms with E-state index in [1.807, 2.05) is 18.7 Å². The summed E-state index contributed by atoms with van der Waals surface area (Å²) in [6, 6.07) is 0.0235. The van der Waals surface area contributed by atoms with E-state index in [1.54, 1.807) is 0 Å². The summed E-state index contributed by atoms with van der Waals surface area (Å²) in [5.74, 6) is 0.494. The van der Waals surface area contributed by atoms with Crippen molar-refractivity contribution in [1.82, 2.24) is 10.2 Å². The molecular weight excluding hydrogens is 308 g/mol. The van der Waals surface area contributed by atoms with Gasteiger partial charge in [-0.1, -0.05) is 0 Å². The SMILES string of the molecule is CC1CC(CNC(=O)N2CC(C)OC3(CCOC3C)C2)CC(C)O1. The smallest absolute Gasteiger partial charge is 0.317 e. The first-order valence-corrected chi connectivity index (χ1v) is 9.35. The third kappa shape index (κ3) is 3.86. The van der Waals surface area contributed by atoms with Gasteiger partial charge in [0.2, 0.25) is 0 Å². The second kappa shape index (κ2) is 7.18. The van der Waals surface area contributed by atoms with Crippen LogP contribution in [-0.2, 0) is 14.2 Å². The molecule has 3 saturated heterocycles. The molecule has 3 aliphatic rings. The zero-order valence-corrected chi connectivity index (χ0v) is 15.4. The lowest BCUT2D eigenvalue weighted by Crippen LogP contribution is -2.61. The second-order valence-corrected chi connectivity index (χ2v) is 7.92. The highest BCUT2D eigenvalue weighted by Gasteiger charge is 2.48. The molecule has 0 aromatic rings. The molecule has 3 aliphatic heterocycles. The van der Waals surface area contributed by atoms with Gasteiger partial charge in [-0.05, 0) is 46.5 Å². The molecule has 3 rings (SSSR count). The topological polar surface area (TPSA) is 60.0 Å². The predicted octanol–water partition coefficient (Wildman–Crippen LogP) is 2.17. The number of rotatable bonds is 2. The van der Waals surface area contributed by atoms with Gasteiger partial charge in [0.1, 0.15) is 5.60 Å². The summed E-state index contributed by atoms with van der Waals surface area (Å²) >= 11 is 0. The van der Waals surface area contributed by atoms with Gasteiger partial charge in [0, 0.05) is 26.1 Å². The monoisotopic (exact) mass is 340 g/mol. The van der Waals surface area contributed by atoms with Crippen LogP contribution >= 0.6 is 0 Å². The first kappa shape index (κ1) is 18.0. The maximum Gasteiger partial charge on any atom is 0.317 e. The Kier molecular flexibility index (Phi) is 5.37. The predicted molar refractivity (Wildman–Crippen MR) is 91.0 cm³/mol. The van der Waals surface area contributed by atoms with Crippen LogP contribution in [0.2, 0.25) is 0 Å². The van der Waals surface area contributed by atoms with Gasteiger partial charge in [-0.25, -0.2) is 4.79 Å². The van der Waals surface area contributed by atoms with Crippen LogP contribution in [0.3, 0.4) is 0 Å². The van der Waals surface area contributed by atoms with Crippen LogP contribution in [0.4, 0.5) is 4.79 Å². The van der Waals surface area contributed by atoms with Gasteiger partial charge in [0.15, 0.2) is 0 Å². The Balaban J connectivity index is 1.54. The van der Waals surface area contributed by atoms with Gasteiger partial charge in [0.25, 0.3) is 0 Å². The van der Waals surface area contributed by atoms with Crippen molar-refractivity contribution in [1.29, 1.82) is 0 Å². The van der Waals surface area contributed by atoms with E-state index in [4.69, 9.17) is 14.2 Å². The molecule has 0 saturated carbocycles. The highest BCUT2D eigenvalue weighted by molar-refractivity contribution is 5.74. The number of carbonyl (C=O) groups excluding carboxylic acids is 1. The molecule has 0 aliphatic carbocycles.